The Labute approximate surface area is 100 Å². The van der Waals surface area contributed by atoms with Crippen molar-refractivity contribution in [2.75, 3.05) is 13.1 Å². The van der Waals surface area contributed by atoms with E-state index in [0.717, 1.165) is 12.8 Å². The van der Waals surface area contributed by atoms with Gasteiger partial charge in [-0.05, 0) is 30.9 Å². The van der Waals surface area contributed by atoms with Crippen molar-refractivity contribution >= 4 is 16.3 Å². The van der Waals surface area contributed by atoms with E-state index in [-0.39, 0.29) is 10.9 Å². The minimum atomic E-state index is -3.58. The molecule has 2 rings (SSSR count). The Balaban J connectivity index is 2.26. The summed E-state index contributed by atoms with van der Waals surface area (Å²) in [4.78, 5) is 10.5. The van der Waals surface area contributed by atoms with E-state index in [1.54, 1.807) is 0 Å². The molecule has 0 aliphatic carbocycles. The SMILES string of the molecule is CC1CCCN(S(=O)(=O)c2ccc(C=O)o2)C1. The number of piperidine rings is 1. The zero-order chi connectivity index (χ0) is 12.5. The topological polar surface area (TPSA) is 67.6 Å². The summed E-state index contributed by atoms with van der Waals surface area (Å²) in [6.45, 7) is 3.06. The molecule has 0 bridgehead atoms. The molecule has 1 aromatic heterocycles. The van der Waals surface area contributed by atoms with E-state index in [1.807, 2.05) is 6.92 Å². The average molecular weight is 257 g/mol. The van der Waals surface area contributed by atoms with Gasteiger partial charge in [-0.1, -0.05) is 6.92 Å². The second kappa shape index (κ2) is 4.62. The normalized spacial score (nSPS) is 22.5. The molecule has 0 N–H and O–H groups in total. The Bertz CT molecular complexity index is 505. The van der Waals surface area contributed by atoms with Crippen molar-refractivity contribution in [3.63, 3.8) is 0 Å². The highest BCUT2D eigenvalue weighted by Gasteiger charge is 2.30. The highest BCUT2D eigenvalue weighted by molar-refractivity contribution is 7.89. The standard InChI is InChI=1S/C11H15NO4S/c1-9-3-2-6-12(7-9)17(14,15)11-5-4-10(8-13)16-11/h4-5,8-9H,2-3,6-7H2,1H3. The molecule has 0 spiro atoms. The number of hydrogen-bond donors (Lipinski definition) is 0. The van der Waals surface area contributed by atoms with Gasteiger partial charge in [0, 0.05) is 13.1 Å². The van der Waals surface area contributed by atoms with Crippen molar-refractivity contribution in [1.29, 1.82) is 0 Å². The van der Waals surface area contributed by atoms with Crippen LogP contribution in [-0.2, 0) is 10.0 Å². The van der Waals surface area contributed by atoms with E-state index < -0.39 is 10.0 Å². The Kier molecular flexibility index (Phi) is 3.35. The van der Waals surface area contributed by atoms with Gasteiger partial charge in [0.05, 0.1) is 0 Å². The molecule has 1 aliphatic rings. The lowest BCUT2D eigenvalue weighted by Gasteiger charge is -2.29. The summed E-state index contributed by atoms with van der Waals surface area (Å²) < 4.78 is 30.8. The molecule has 94 valence electrons. The van der Waals surface area contributed by atoms with Crippen LogP contribution in [0.4, 0.5) is 0 Å². The van der Waals surface area contributed by atoms with E-state index in [9.17, 15) is 13.2 Å². The molecule has 1 unspecified atom stereocenters. The Hall–Kier alpha value is -1.14. The molecule has 2 heterocycles. The number of aldehydes is 1. The van der Waals surface area contributed by atoms with Crippen LogP contribution in [0.2, 0.25) is 0 Å². The van der Waals surface area contributed by atoms with Gasteiger partial charge in [-0.15, -0.1) is 0 Å². The van der Waals surface area contributed by atoms with Gasteiger partial charge in [0.25, 0.3) is 10.0 Å². The second-order valence-electron chi connectivity index (χ2n) is 4.39. The van der Waals surface area contributed by atoms with E-state index >= 15 is 0 Å². The summed E-state index contributed by atoms with van der Waals surface area (Å²) >= 11 is 0. The third-order valence-electron chi connectivity index (χ3n) is 2.93. The first-order chi connectivity index (χ1) is 8.04. The van der Waals surface area contributed by atoms with Gasteiger partial charge in [0.1, 0.15) is 0 Å². The molecule has 1 aromatic rings. The fraction of sp³-hybridized carbons (Fsp3) is 0.545. The van der Waals surface area contributed by atoms with Crippen LogP contribution in [0.5, 0.6) is 0 Å². The molecule has 0 radical (unpaired) electrons. The molecule has 1 aliphatic heterocycles. The number of rotatable bonds is 3. The zero-order valence-corrected chi connectivity index (χ0v) is 10.4. The van der Waals surface area contributed by atoms with Crippen LogP contribution in [0, 0.1) is 5.92 Å². The van der Waals surface area contributed by atoms with Crippen LogP contribution in [-0.4, -0.2) is 32.1 Å². The molecule has 17 heavy (non-hydrogen) atoms. The predicted molar refractivity (Wildman–Crippen MR) is 61.3 cm³/mol. The average Bonchev–Trinajstić information content (AvgIpc) is 2.78. The van der Waals surface area contributed by atoms with Crippen LogP contribution in [0.1, 0.15) is 30.3 Å². The first kappa shape index (κ1) is 12.3. The molecule has 0 saturated carbocycles. The predicted octanol–water partition coefficient (Wildman–Crippen LogP) is 1.51. The number of nitrogens with zero attached hydrogens (tertiary/aromatic N) is 1. The third-order valence-corrected chi connectivity index (χ3v) is 4.67. The fourth-order valence-corrected chi connectivity index (χ4v) is 3.54. The smallest absolute Gasteiger partial charge is 0.276 e. The van der Waals surface area contributed by atoms with Crippen molar-refractivity contribution in [1.82, 2.24) is 4.31 Å². The van der Waals surface area contributed by atoms with Gasteiger partial charge in [-0.2, -0.15) is 4.31 Å². The van der Waals surface area contributed by atoms with Gasteiger partial charge in [0.2, 0.25) is 5.09 Å². The number of furan rings is 1. The number of sulfonamides is 1. The van der Waals surface area contributed by atoms with Crippen molar-refractivity contribution in [2.24, 2.45) is 5.92 Å². The van der Waals surface area contributed by atoms with Crippen molar-refractivity contribution in [2.45, 2.75) is 24.9 Å². The highest BCUT2D eigenvalue weighted by atomic mass is 32.2. The van der Waals surface area contributed by atoms with E-state index in [0.29, 0.717) is 25.3 Å². The summed E-state index contributed by atoms with van der Waals surface area (Å²) in [5.74, 6) is 0.396. The maximum atomic E-state index is 12.2. The van der Waals surface area contributed by atoms with E-state index in [1.165, 1.54) is 16.4 Å². The minimum Gasteiger partial charge on any atom is -0.440 e. The first-order valence-corrected chi connectivity index (χ1v) is 7.03. The molecule has 1 saturated heterocycles. The van der Waals surface area contributed by atoms with Crippen LogP contribution in [0.25, 0.3) is 0 Å². The third kappa shape index (κ3) is 2.42. The minimum absolute atomic E-state index is 0.0358. The molecule has 0 aromatic carbocycles. The lowest BCUT2D eigenvalue weighted by Crippen LogP contribution is -2.38. The summed E-state index contributed by atoms with van der Waals surface area (Å²) in [5, 5.41) is -0.145. The van der Waals surface area contributed by atoms with Crippen LogP contribution < -0.4 is 0 Å². The molecular formula is C11H15NO4S. The summed E-state index contributed by atoms with van der Waals surface area (Å²) in [6, 6.07) is 2.70. The molecular weight excluding hydrogens is 242 g/mol. The van der Waals surface area contributed by atoms with E-state index in [2.05, 4.69) is 0 Å². The lowest BCUT2D eigenvalue weighted by atomic mass is 10.0. The quantitative estimate of drug-likeness (QED) is 0.770. The lowest BCUT2D eigenvalue weighted by molar-refractivity contribution is 0.109. The maximum absolute atomic E-state index is 12.2. The van der Waals surface area contributed by atoms with Crippen LogP contribution >= 0.6 is 0 Å². The van der Waals surface area contributed by atoms with Gasteiger partial charge in [-0.3, -0.25) is 4.79 Å². The number of carbonyl (C=O) groups excluding carboxylic acids is 1. The molecule has 0 amide bonds. The summed E-state index contributed by atoms with van der Waals surface area (Å²) in [5.41, 5.74) is 0. The van der Waals surface area contributed by atoms with Crippen molar-refractivity contribution in [3.05, 3.63) is 17.9 Å². The highest BCUT2D eigenvalue weighted by Crippen LogP contribution is 2.24. The van der Waals surface area contributed by atoms with E-state index in [4.69, 9.17) is 4.42 Å². The Morgan fingerprint density at radius 2 is 2.24 bits per heavy atom. The fourth-order valence-electron chi connectivity index (χ4n) is 2.03. The Morgan fingerprint density at radius 3 is 2.82 bits per heavy atom. The molecule has 1 fully saturated rings. The van der Waals surface area contributed by atoms with Crippen molar-refractivity contribution < 1.29 is 17.6 Å². The van der Waals surface area contributed by atoms with Gasteiger partial charge in [-0.25, -0.2) is 8.42 Å². The maximum Gasteiger partial charge on any atom is 0.276 e. The first-order valence-electron chi connectivity index (χ1n) is 5.59. The summed E-state index contributed by atoms with van der Waals surface area (Å²) in [6.07, 6.45) is 2.41. The largest absolute Gasteiger partial charge is 0.440 e. The van der Waals surface area contributed by atoms with Gasteiger partial charge in [0.15, 0.2) is 12.0 Å². The van der Waals surface area contributed by atoms with Crippen molar-refractivity contribution in [3.8, 4) is 0 Å². The molecule has 5 nitrogen and oxygen atoms in total. The number of carbonyl (C=O) groups is 1. The van der Waals surface area contributed by atoms with Crippen LogP contribution in [0.3, 0.4) is 0 Å². The van der Waals surface area contributed by atoms with Gasteiger partial charge >= 0.3 is 0 Å². The molecule has 1 atom stereocenters. The monoisotopic (exact) mass is 257 g/mol. The number of hydrogen-bond acceptors (Lipinski definition) is 4. The van der Waals surface area contributed by atoms with Crippen LogP contribution in [0.15, 0.2) is 21.6 Å². The zero-order valence-electron chi connectivity index (χ0n) is 9.63. The Morgan fingerprint density at radius 1 is 1.47 bits per heavy atom. The molecule has 6 heteroatoms. The van der Waals surface area contributed by atoms with Gasteiger partial charge < -0.3 is 4.42 Å². The second-order valence-corrected chi connectivity index (χ2v) is 6.25. The summed E-state index contributed by atoms with van der Waals surface area (Å²) in [7, 11) is -3.58.